The van der Waals surface area contributed by atoms with Crippen molar-refractivity contribution in [2.45, 2.75) is 37.8 Å². The number of methoxy groups -OCH3 is 1. The molecule has 0 radical (unpaired) electrons. The third-order valence-corrected chi connectivity index (χ3v) is 5.99. The number of alkyl halides is 3. The molecule has 2 rings (SSSR count). The molecule has 35 heavy (non-hydrogen) atoms. The highest BCUT2D eigenvalue weighted by Gasteiger charge is 2.38. The number of nitrogens with one attached hydrogen (secondary N) is 1. The van der Waals surface area contributed by atoms with Crippen molar-refractivity contribution in [1.29, 1.82) is 0 Å². The smallest absolute Gasteiger partial charge is 0.490 e. The Hall–Kier alpha value is -3.48. The van der Waals surface area contributed by atoms with Gasteiger partial charge in [0.15, 0.2) is 0 Å². The van der Waals surface area contributed by atoms with Crippen LogP contribution in [0, 0.1) is 0 Å². The second kappa shape index (κ2) is 12.8. The van der Waals surface area contributed by atoms with Gasteiger partial charge in [-0.05, 0) is 55.8 Å². The van der Waals surface area contributed by atoms with E-state index in [0.29, 0.717) is 18.0 Å². The summed E-state index contributed by atoms with van der Waals surface area (Å²) in [6.07, 6.45) is -3.14. The lowest BCUT2D eigenvalue weighted by Crippen LogP contribution is -2.26. The van der Waals surface area contributed by atoms with E-state index in [1.54, 1.807) is 18.2 Å². The zero-order valence-corrected chi connectivity index (χ0v) is 20.1. The van der Waals surface area contributed by atoms with Crippen LogP contribution in [0.4, 0.5) is 24.5 Å². The van der Waals surface area contributed by atoms with Crippen molar-refractivity contribution < 1.29 is 46.1 Å². The Balaban J connectivity index is 0.000000762. The molecule has 0 aliphatic carbocycles. The Morgan fingerprint density at radius 2 is 1.63 bits per heavy atom. The third-order valence-electron chi connectivity index (χ3n) is 4.60. The fourth-order valence-electron chi connectivity index (χ4n) is 2.78. The van der Waals surface area contributed by atoms with Crippen LogP contribution >= 0.6 is 0 Å². The number of carbonyl (C=O) groups is 2. The first-order valence-corrected chi connectivity index (χ1v) is 11.8. The first kappa shape index (κ1) is 29.6. The molecule has 2 aromatic carbocycles. The predicted octanol–water partition coefficient (Wildman–Crippen LogP) is 4.45. The number of carboxylic acid groups (broad SMARTS) is 2. The molecule has 0 atom stereocenters. The minimum atomic E-state index is -5.08. The van der Waals surface area contributed by atoms with Gasteiger partial charge in [-0.25, -0.2) is 18.0 Å². The average Bonchev–Trinajstić information content (AvgIpc) is 2.79. The van der Waals surface area contributed by atoms with Crippen molar-refractivity contribution in [2.24, 2.45) is 0 Å². The van der Waals surface area contributed by atoms with Gasteiger partial charge in [0.1, 0.15) is 5.75 Å². The summed E-state index contributed by atoms with van der Waals surface area (Å²) < 4.78 is 65.0. The molecule has 0 aliphatic heterocycles. The average molecular weight is 521 g/mol. The van der Waals surface area contributed by atoms with E-state index in [0.717, 1.165) is 19.4 Å². The maximum absolute atomic E-state index is 12.8. The van der Waals surface area contributed by atoms with E-state index in [1.807, 2.05) is 11.8 Å². The lowest BCUT2D eigenvalue weighted by atomic mass is 10.1. The van der Waals surface area contributed by atoms with Gasteiger partial charge in [-0.2, -0.15) is 13.2 Å². The van der Waals surface area contributed by atoms with Crippen LogP contribution in [0.5, 0.6) is 5.75 Å². The van der Waals surface area contributed by atoms with E-state index in [2.05, 4.69) is 11.6 Å². The largest absolute Gasteiger partial charge is 0.497 e. The maximum atomic E-state index is 12.8. The van der Waals surface area contributed by atoms with E-state index in [9.17, 15) is 31.5 Å². The number of aliphatic carboxylic acids is 1. The zero-order valence-electron chi connectivity index (χ0n) is 19.3. The molecule has 0 unspecified atom stereocenters. The highest BCUT2D eigenvalue weighted by molar-refractivity contribution is 7.92. The number of nitrogens with zero attached hydrogens (tertiary/aromatic N) is 1. The summed E-state index contributed by atoms with van der Waals surface area (Å²) in [5.74, 6) is -3.33. The lowest BCUT2D eigenvalue weighted by molar-refractivity contribution is -0.192. The van der Waals surface area contributed by atoms with Crippen LogP contribution in [0.1, 0.15) is 37.0 Å². The Labute approximate surface area is 201 Å². The number of rotatable bonds is 10. The normalized spacial score (nSPS) is 11.1. The van der Waals surface area contributed by atoms with Gasteiger partial charge in [0.2, 0.25) is 0 Å². The summed E-state index contributed by atoms with van der Waals surface area (Å²) in [5, 5.41) is 16.4. The summed E-state index contributed by atoms with van der Waals surface area (Å²) in [6.45, 7) is 5.47. The number of sulfonamides is 1. The van der Waals surface area contributed by atoms with Crippen LogP contribution in [-0.4, -0.2) is 56.9 Å². The Morgan fingerprint density at radius 1 is 1.06 bits per heavy atom. The Bertz CT molecular complexity index is 1110. The van der Waals surface area contributed by atoms with Crippen LogP contribution in [0.2, 0.25) is 0 Å². The van der Waals surface area contributed by atoms with Crippen LogP contribution in [0.25, 0.3) is 0 Å². The summed E-state index contributed by atoms with van der Waals surface area (Å²) in [5.41, 5.74) is 0.912. The molecule has 0 aromatic heterocycles. The van der Waals surface area contributed by atoms with Crippen molar-refractivity contribution in [2.75, 3.05) is 29.8 Å². The molecule has 0 saturated carbocycles. The van der Waals surface area contributed by atoms with Gasteiger partial charge in [-0.1, -0.05) is 13.3 Å². The molecule has 0 heterocycles. The quantitative estimate of drug-likeness (QED) is 0.418. The van der Waals surface area contributed by atoms with Crippen LogP contribution in [0.3, 0.4) is 0 Å². The van der Waals surface area contributed by atoms with Crippen LogP contribution in [-0.2, 0) is 14.8 Å². The first-order chi connectivity index (χ1) is 16.3. The molecule has 0 aliphatic rings. The molecule has 2 aromatic rings. The van der Waals surface area contributed by atoms with Gasteiger partial charge in [-0.3, -0.25) is 4.72 Å². The van der Waals surface area contributed by atoms with E-state index in [-0.39, 0.29) is 16.1 Å². The number of ether oxygens (including phenoxy) is 1. The number of benzene rings is 2. The molecule has 0 amide bonds. The molecule has 194 valence electrons. The van der Waals surface area contributed by atoms with E-state index < -0.39 is 28.1 Å². The first-order valence-electron chi connectivity index (χ1n) is 10.4. The second-order valence-electron chi connectivity index (χ2n) is 7.05. The monoisotopic (exact) mass is 520 g/mol. The van der Waals surface area contributed by atoms with E-state index in [4.69, 9.17) is 14.6 Å². The SMILES string of the molecule is CCCCN(CC)c1ccc(C(=O)O)cc1NS(=O)(=O)c1ccc(OC)cc1.O=C(O)C(F)(F)F. The number of carboxylic acids is 2. The van der Waals surface area contributed by atoms with Gasteiger partial charge in [-0.15, -0.1) is 0 Å². The second-order valence-corrected chi connectivity index (χ2v) is 8.74. The van der Waals surface area contributed by atoms with Gasteiger partial charge in [0.05, 0.1) is 28.9 Å². The molecular formula is C22H27F3N2O7S. The number of anilines is 2. The van der Waals surface area contributed by atoms with Crippen LogP contribution in [0.15, 0.2) is 47.4 Å². The van der Waals surface area contributed by atoms with E-state index in [1.165, 1.54) is 31.4 Å². The summed E-state index contributed by atoms with van der Waals surface area (Å²) >= 11 is 0. The van der Waals surface area contributed by atoms with Gasteiger partial charge in [0, 0.05) is 13.1 Å². The Morgan fingerprint density at radius 3 is 2.06 bits per heavy atom. The molecule has 0 saturated heterocycles. The topological polar surface area (TPSA) is 133 Å². The number of hydrogen-bond donors (Lipinski definition) is 3. The van der Waals surface area contributed by atoms with Gasteiger partial charge >= 0.3 is 18.1 Å². The highest BCUT2D eigenvalue weighted by atomic mass is 32.2. The summed E-state index contributed by atoms with van der Waals surface area (Å²) in [6, 6.07) is 10.5. The van der Waals surface area contributed by atoms with Gasteiger partial charge in [0.25, 0.3) is 10.0 Å². The maximum Gasteiger partial charge on any atom is 0.490 e. The molecule has 13 heteroatoms. The number of unbranched alkanes of at least 4 members (excludes halogenated alkanes) is 1. The fraction of sp³-hybridized carbons (Fsp3) is 0.364. The molecule has 9 nitrogen and oxygen atoms in total. The molecule has 0 fully saturated rings. The molecule has 0 bridgehead atoms. The van der Waals surface area contributed by atoms with Crippen molar-refractivity contribution >= 4 is 33.3 Å². The fourth-order valence-corrected chi connectivity index (χ4v) is 3.85. The number of halogens is 3. The van der Waals surface area contributed by atoms with Crippen LogP contribution < -0.4 is 14.4 Å². The van der Waals surface area contributed by atoms with Crippen molar-refractivity contribution in [3.63, 3.8) is 0 Å². The minimum Gasteiger partial charge on any atom is -0.497 e. The van der Waals surface area contributed by atoms with Crippen molar-refractivity contribution in [1.82, 2.24) is 0 Å². The highest BCUT2D eigenvalue weighted by Crippen LogP contribution is 2.30. The van der Waals surface area contributed by atoms with E-state index >= 15 is 0 Å². The number of aromatic carboxylic acids is 1. The summed E-state index contributed by atoms with van der Waals surface area (Å²) in [4.78, 5) is 22.4. The minimum absolute atomic E-state index is 0.0164. The Kier molecular flexibility index (Phi) is 10.8. The predicted molar refractivity (Wildman–Crippen MR) is 124 cm³/mol. The molecule has 3 N–H and O–H groups in total. The lowest BCUT2D eigenvalue weighted by Gasteiger charge is -2.26. The van der Waals surface area contributed by atoms with Crippen molar-refractivity contribution in [3.05, 3.63) is 48.0 Å². The summed E-state index contributed by atoms with van der Waals surface area (Å²) in [7, 11) is -2.39. The van der Waals surface area contributed by atoms with Gasteiger partial charge < -0.3 is 19.8 Å². The molecular weight excluding hydrogens is 493 g/mol. The number of hydrogen-bond acceptors (Lipinski definition) is 6. The third kappa shape index (κ3) is 9.00. The standard InChI is InChI=1S/C20H26N2O5S.C2HF3O2/c1-4-6-13-22(5-2)19-12-7-15(20(23)24)14-18(19)21-28(25,26)17-10-8-16(27-3)9-11-17;3-2(4,5)1(6)7/h7-12,14,21H,4-6,13H2,1-3H3,(H,23,24);(H,6,7). The van der Waals surface area contributed by atoms with Crippen molar-refractivity contribution in [3.8, 4) is 5.75 Å². The zero-order chi connectivity index (χ0) is 26.8. The molecule has 0 spiro atoms.